The second kappa shape index (κ2) is 6.74. The Bertz CT molecular complexity index is 379. The third-order valence-corrected chi connectivity index (χ3v) is 2.41. The molecule has 0 radical (unpaired) electrons. The number of ether oxygens (including phenoxy) is 2. The SMILES string of the molecule is CCC(C)Oc1ccc(/C=C/C(=O)OC)cc1. The smallest absolute Gasteiger partial charge is 0.330 e. The van der Waals surface area contributed by atoms with Crippen LogP contribution in [0.15, 0.2) is 30.3 Å². The highest BCUT2D eigenvalue weighted by Gasteiger charge is 2.00. The van der Waals surface area contributed by atoms with Crippen molar-refractivity contribution in [2.24, 2.45) is 0 Å². The second-order valence-electron chi connectivity index (χ2n) is 3.76. The van der Waals surface area contributed by atoms with Crippen LogP contribution in [-0.2, 0) is 9.53 Å². The molecule has 0 N–H and O–H groups in total. The molecule has 0 heterocycles. The van der Waals surface area contributed by atoms with Gasteiger partial charge in [-0.3, -0.25) is 0 Å². The van der Waals surface area contributed by atoms with Crippen molar-refractivity contribution in [3.05, 3.63) is 35.9 Å². The van der Waals surface area contributed by atoms with Crippen LogP contribution < -0.4 is 4.74 Å². The maximum atomic E-state index is 10.9. The van der Waals surface area contributed by atoms with Crippen molar-refractivity contribution in [2.45, 2.75) is 26.4 Å². The average Bonchev–Trinajstić information content (AvgIpc) is 2.37. The van der Waals surface area contributed by atoms with E-state index in [0.29, 0.717) is 0 Å². The van der Waals surface area contributed by atoms with E-state index >= 15 is 0 Å². The van der Waals surface area contributed by atoms with E-state index in [1.54, 1.807) is 6.08 Å². The fourth-order valence-corrected chi connectivity index (χ4v) is 1.21. The van der Waals surface area contributed by atoms with Crippen LogP contribution in [0.5, 0.6) is 5.75 Å². The molecule has 17 heavy (non-hydrogen) atoms. The van der Waals surface area contributed by atoms with Crippen LogP contribution in [0.2, 0.25) is 0 Å². The van der Waals surface area contributed by atoms with Gasteiger partial charge in [-0.1, -0.05) is 19.1 Å². The van der Waals surface area contributed by atoms with Crippen LogP contribution in [0.4, 0.5) is 0 Å². The topological polar surface area (TPSA) is 35.5 Å². The highest BCUT2D eigenvalue weighted by Crippen LogP contribution is 2.15. The molecule has 1 rings (SSSR count). The molecule has 0 aliphatic carbocycles. The molecule has 0 bridgehead atoms. The Morgan fingerprint density at radius 2 is 2.00 bits per heavy atom. The van der Waals surface area contributed by atoms with Crippen LogP contribution in [0.1, 0.15) is 25.8 Å². The molecule has 0 spiro atoms. The first-order valence-electron chi connectivity index (χ1n) is 5.68. The molecule has 92 valence electrons. The number of methoxy groups -OCH3 is 1. The maximum absolute atomic E-state index is 10.9. The molecule has 0 saturated heterocycles. The third kappa shape index (κ3) is 4.72. The van der Waals surface area contributed by atoms with Gasteiger partial charge in [0.25, 0.3) is 0 Å². The average molecular weight is 234 g/mol. The predicted molar refractivity (Wildman–Crippen MR) is 67.9 cm³/mol. The first-order valence-corrected chi connectivity index (χ1v) is 5.68. The summed E-state index contributed by atoms with van der Waals surface area (Å²) in [5, 5.41) is 0. The van der Waals surface area contributed by atoms with Gasteiger partial charge in [0.2, 0.25) is 0 Å². The molecule has 0 aliphatic rings. The fourth-order valence-electron chi connectivity index (χ4n) is 1.21. The normalized spacial score (nSPS) is 12.4. The zero-order valence-electron chi connectivity index (χ0n) is 10.5. The summed E-state index contributed by atoms with van der Waals surface area (Å²) >= 11 is 0. The summed E-state index contributed by atoms with van der Waals surface area (Å²) in [7, 11) is 1.36. The van der Waals surface area contributed by atoms with Crippen molar-refractivity contribution in [3.63, 3.8) is 0 Å². The van der Waals surface area contributed by atoms with E-state index < -0.39 is 0 Å². The van der Waals surface area contributed by atoms with Gasteiger partial charge < -0.3 is 9.47 Å². The fraction of sp³-hybridized carbons (Fsp3) is 0.357. The van der Waals surface area contributed by atoms with E-state index in [-0.39, 0.29) is 12.1 Å². The number of carbonyl (C=O) groups excluding carboxylic acids is 1. The van der Waals surface area contributed by atoms with Crippen LogP contribution in [0, 0.1) is 0 Å². The van der Waals surface area contributed by atoms with Crippen LogP contribution in [0.25, 0.3) is 6.08 Å². The van der Waals surface area contributed by atoms with Crippen molar-refractivity contribution in [3.8, 4) is 5.75 Å². The zero-order valence-corrected chi connectivity index (χ0v) is 10.5. The summed E-state index contributed by atoms with van der Waals surface area (Å²) in [6.45, 7) is 4.11. The van der Waals surface area contributed by atoms with Gasteiger partial charge in [-0.05, 0) is 37.1 Å². The van der Waals surface area contributed by atoms with Crippen molar-refractivity contribution in [2.75, 3.05) is 7.11 Å². The van der Waals surface area contributed by atoms with Crippen molar-refractivity contribution >= 4 is 12.0 Å². The summed E-state index contributed by atoms with van der Waals surface area (Å²) in [5.41, 5.74) is 0.937. The number of benzene rings is 1. The largest absolute Gasteiger partial charge is 0.491 e. The standard InChI is InChI=1S/C14H18O3/c1-4-11(2)17-13-8-5-12(6-9-13)7-10-14(15)16-3/h5-11H,4H2,1-3H3/b10-7+. The molecule has 3 heteroatoms. The van der Waals surface area contributed by atoms with E-state index in [1.165, 1.54) is 13.2 Å². The van der Waals surface area contributed by atoms with Crippen molar-refractivity contribution in [1.29, 1.82) is 0 Å². The van der Waals surface area contributed by atoms with Gasteiger partial charge in [-0.15, -0.1) is 0 Å². The monoisotopic (exact) mass is 234 g/mol. The molecule has 0 saturated carbocycles. The van der Waals surface area contributed by atoms with Gasteiger partial charge in [-0.25, -0.2) is 4.79 Å². The van der Waals surface area contributed by atoms with Gasteiger partial charge in [0.1, 0.15) is 5.75 Å². The van der Waals surface area contributed by atoms with Crippen LogP contribution in [-0.4, -0.2) is 19.2 Å². The molecule has 1 aromatic carbocycles. The van der Waals surface area contributed by atoms with Crippen LogP contribution in [0.3, 0.4) is 0 Å². The predicted octanol–water partition coefficient (Wildman–Crippen LogP) is 3.05. The van der Waals surface area contributed by atoms with Gasteiger partial charge in [0, 0.05) is 6.08 Å². The highest BCUT2D eigenvalue weighted by atomic mass is 16.5. The molecule has 1 atom stereocenters. The molecule has 0 aromatic heterocycles. The summed E-state index contributed by atoms with van der Waals surface area (Å²) in [5.74, 6) is 0.486. The van der Waals surface area contributed by atoms with E-state index in [0.717, 1.165) is 17.7 Å². The molecule has 3 nitrogen and oxygen atoms in total. The quantitative estimate of drug-likeness (QED) is 0.580. The van der Waals surface area contributed by atoms with Crippen LogP contribution >= 0.6 is 0 Å². The molecular formula is C14H18O3. The van der Waals surface area contributed by atoms with Gasteiger partial charge in [0.05, 0.1) is 13.2 Å². The Morgan fingerprint density at radius 3 is 2.53 bits per heavy atom. The Morgan fingerprint density at radius 1 is 1.35 bits per heavy atom. The van der Waals surface area contributed by atoms with Gasteiger partial charge >= 0.3 is 5.97 Å². The lowest BCUT2D eigenvalue weighted by Crippen LogP contribution is -2.09. The number of esters is 1. The lowest BCUT2D eigenvalue weighted by Gasteiger charge is -2.12. The molecule has 1 unspecified atom stereocenters. The Balaban J connectivity index is 2.62. The van der Waals surface area contributed by atoms with E-state index in [9.17, 15) is 4.79 Å². The number of hydrogen-bond acceptors (Lipinski definition) is 3. The number of carbonyl (C=O) groups is 1. The first-order chi connectivity index (χ1) is 8.15. The molecule has 0 fully saturated rings. The molecule has 0 amide bonds. The zero-order chi connectivity index (χ0) is 12.7. The van der Waals surface area contributed by atoms with E-state index in [2.05, 4.69) is 11.7 Å². The van der Waals surface area contributed by atoms with Crippen molar-refractivity contribution in [1.82, 2.24) is 0 Å². The molecular weight excluding hydrogens is 216 g/mol. The Kier molecular flexibility index (Phi) is 5.27. The van der Waals surface area contributed by atoms with E-state index in [4.69, 9.17) is 4.74 Å². The summed E-state index contributed by atoms with van der Waals surface area (Å²) in [6.07, 6.45) is 4.29. The Labute approximate surface area is 102 Å². The lowest BCUT2D eigenvalue weighted by molar-refractivity contribution is -0.134. The van der Waals surface area contributed by atoms with Gasteiger partial charge in [-0.2, -0.15) is 0 Å². The number of rotatable bonds is 5. The van der Waals surface area contributed by atoms with E-state index in [1.807, 2.05) is 31.2 Å². The number of hydrogen-bond donors (Lipinski definition) is 0. The summed E-state index contributed by atoms with van der Waals surface area (Å²) in [6, 6.07) is 7.58. The minimum atomic E-state index is -0.357. The first kappa shape index (κ1) is 13.3. The minimum absolute atomic E-state index is 0.214. The molecule has 1 aromatic rings. The third-order valence-electron chi connectivity index (χ3n) is 2.41. The molecule has 0 aliphatic heterocycles. The van der Waals surface area contributed by atoms with Gasteiger partial charge in [0.15, 0.2) is 0 Å². The highest BCUT2D eigenvalue weighted by molar-refractivity contribution is 5.86. The second-order valence-corrected chi connectivity index (χ2v) is 3.76. The van der Waals surface area contributed by atoms with Crippen molar-refractivity contribution < 1.29 is 14.3 Å². The maximum Gasteiger partial charge on any atom is 0.330 e. The summed E-state index contributed by atoms with van der Waals surface area (Å²) in [4.78, 5) is 10.9. The summed E-state index contributed by atoms with van der Waals surface area (Å²) < 4.78 is 10.2. The Hall–Kier alpha value is -1.77. The lowest BCUT2D eigenvalue weighted by atomic mass is 10.2. The minimum Gasteiger partial charge on any atom is -0.491 e.